The Morgan fingerprint density at radius 3 is 2.59 bits per heavy atom. The zero-order valence-electron chi connectivity index (χ0n) is 17.7. The molecule has 0 unspecified atom stereocenters. The SMILES string of the molecule is O=C(CCCc1nc2ccccc2c(=O)[nH]1)NCc1cccc(OCc2ccccc2)c1. The molecule has 1 aromatic heterocycles. The van der Waals surface area contributed by atoms with Gasteiger partial charge in [0.2, 0.25) is 5.91 Å². The van der Waals surface area contributed by atoms with Crippen molar-refractivity contribution < 1.29 is 9.53 Å². The number of aromatic nitrogens is 2. The Labute approximate surface area is 186 Å². The normalized spacial score (nSPS) is 10.8. The third-order valence-corrected chi connectivity index (χ3v) is 5.12. The highest BCUT2D eigenvalue weighted by Crippen LogP contribution is 2.15. The molecule has 1 heterocycles. The highest BCUT2D eigenvalue weighted by Gasteiger charge is 2.06. The van der Waals surface area contributed by atoms with Gasteiger partial charge >= 0.3 is 0 Å². The van der Waals surface area contributed by atoms with E-state index in [1.54, 1.807) is 6.07 Å². The number of carbonyl (C=O) groups excluding carboxylic acids is 1. The lowest BCUT2D eigenvalue weighted by molar-refractivity contribution is -0.121. The molecule has 162 valence electrons. The lowest BCUT2D eigenvalue weighted by Gasteiger charge is -2.09. The maximum absolute atomic E-state index is 12.2. The fourth-order valence-electron chi connectivity index (χ4n) is 3.44. The van der Waals surface area contributed by atoms with E-state index in [0.717, 1.165) is 16.9 Å². The number of nitrogens with one attached hydrogen (secondary N) is 2. The molecule has 3 aromatic carbocycles. The van der Waals surface area contributed by atoms with Crippen LogP contribution in [-0.4, -0.2) is 15.9 Å². The first kappa shape index (κ1) is 21.3. The van der Waals surface area contributed by atoms with Crippen molar-refractivity contribution in [1.82, 2.24) is 15.3 Å². The molecular weight excluding hydrogens is 402 g/mol. The summed E-state index contributed by atoms with van der Waals surface area (Å²) >= 11 is 0. The van der Waals surface area contributed by atoms with Crippen molar-refractivity contribution in [3.8, 4) is 5.75 Å². The summed E-state index contributed by atoms with van der Waals surface area (Å²) in [6.07, 6.45) is 1.50. The standard InChI is InChI=1S/C26H25N3O3/c30-25(15-7-14-24-28-23-13-5-4-12-22(23)26(31)29-24)27-17-20-10-6-11-21(16-20)32-18-19-8-2-1-3-9-19/h1-6,8-13,16H,7,14-15,17-18H2,(H,27,30)(H,28,29,31). The number of amides is 1. The zero-order chi connectivity index (χ0) is 22.2. The largest absolute Gasteiger partial charge is 0.489 e. The van der Waals surface area contributed by atoms with Crippen LogP contribution in [0, 0.1) is 0 Å². The van der Waals surface area contributed by atoms with Crippen molar-refractivity contribution in [3.05, 3.63) is 106 Å². The molecule has 0 fully saturated rings. The van der Waals surface area contributed by atoms with E-state index in [-0.39, 0.29) is 11.5 Å². The number of fused-ring (bicyclic) bond motifs is 1. The van der Waals surface area contributed by atoms with Crippen molar-refractivity contribution in [1.29, 1.82) is 0 Å². The zero-order valence-corrected chi connectivity index (χ0v) is 17.7. The van der Waals surface area contributed by atoms with E-state index in [2.05, 4.69) is 15.3 Å². The minimum absolute atomic E-state index is 0.0382. The number of hydrogen-bond acceptors (Lipinski definition) is 4. The summed E-state index contributed by atoms with van der Waals surface area (Å²) in [7, 11) is 0. The van der Waals surface area contributed by atoms with Gasteiger partial charge < -0.3 is 15.0 Å². The molecule has 1 amide bonds. The molecular formula is C26H25N3O3. The predicted octanol–water partition coefficient (Wildman–Crippen LogP) is 4.14. The molecule has 0 saturated heterocycles. The summed E-state index contributed by atoms with van der Waals surface area (Å²) in [4.78, 5) is 31.6. The van der Waals surface area contributed by atoms with Crippen LogP contribution >= 0.6 is 0 Å². The van der Waals surface area contributed by atoms with E-state index in [4.69, 9.17) is 4.74 Å². The average molecular weight is 428 g/mol. The van der Waals surface area contributed by atoms with Gasteiger partial charge in [0.15, 0.2) is 0 Å². The van der Waals surface area contributed by atoms with Crippen LogP contribution < -0.4 is 15.6 Å². The minimum Gasteiger partial charge on any atom is -0.489 e. The van der Waals surface area contributed by atoms with E-state index in [1.807, 2.05) is 72.8 Å². The Balaban J connectivity index is 1.23. The molecule has 4 aromatic rings. The highest BCUT2D eigenvalue weighted by molar-refractivity contribution is 5.77. The van der Waals surface area contributed by atoms with Gasteiger partial charge in [0, 0.05) is 19.4 Å². The first-order valence-electron chi connectivity index (χ1n) is 10.7. The third-order valence-electron chi connectivity index (χ3n) is 5.12. The van der Waals surface area contributed by atoms with E-state index in [1.165, 1.54) is 0 Å². The number of benzene rings is 3. The van der Waals surface area contributed by atoms with Gasteiger partial charge in [-0.2, -0.15) is 0 Å². The molecule has 32 heavy (non-hydrogen) atoms. The van der Waals surface area contributed by atoms with Crippen LogP contribution in [0.2, 0.25) is 0 Å². The van der Waals surface area contributed by atoms with Crippen molar-refractivity contribution >= 4 is 16.8 Å². The number of rotatable bonds is 9. The Morgan fingerprint density at radius 2 is 1.72 bits per heavy atom. The molecule has 6 heteroatoms. The fourth-order valence-corrected chi connectivity index (χ4v) is 3.44. The van der Waals surface area contributed by atoms with Gasteiger partial charge in [0.05, 0.1) is 10.9 Å². The van der Waals surface area contributed by atoms with Crippen molar-refractivity contribution in [2.24, 2.45) is 0 Å². The second-order valence-corrected chi connectivity index (χ2v) is 7.58. The lowest BCUT2D eigenvalue weighted by atomic mass is 10.2. The molecule has 4 rings (SSSR count). The molecule has 0 bridgehead atoms. The first-order chi connectivity index (χ1) is 15.7. The van der Waals surface area contributed by atoms with Crippen molar-refractivity contribution in [2.45, 2.75) is 32.4 Å². The number of H-pyrrole nitrogens is 1. The molecule has 0 saturated carbocycles. The molecule has 0 aliphatic heterocycles. The summed E-state index contributed by atoms with van der Waals surface area (Å²) in [5.74, 6) is 1.33. The molecule has 6 nitrogen and oxygen atoms in total. The maximum Gasteiger partial charge on any atom is 0.258 e. The van der Waals surface area contributed by atoms with E-state index >= 15 is 0 Å². The fraction of sp³-hybridized carbons (Fsp3) is 0.192. The topological polar surface area (TPSA) is 84.1 Å². The number of aromatic amines is 1. The minimum atomic E-state index is -0.149. The Morgan fingerprint density at radius 1 is 0.938 bits per heavy atom. The smallest absolute Gasteiger partial charge is 0.258 e. The Kier molecular flexibility index (Phi) is 6.92. The average Bonchev–Trinajstić information content (AvgIpc) is 2.82. The molecule has 2 N–H and O–H groups in total. The van der Waals surface area contributed by atoms with Crippen LogP contribution in [0.4, 0.5) is 0 Å². The van der Waals surface area contributed by atoms with Gasteiger partial charge in [-0.1, -0.05) is 54.6 Å². The van der Waals surface area contributed by atoms with E-state index in [0.29, 0.717) is 49.1 Å². The summed E-state index contributed by atoms with van der Waals surface area (Å²) in [5, 5.41) is 3.51. The molecule has 0 spiro atoms. The van der Waals surface area contributed by atoms with Crippen LogP contribution in [0.3, 0.4) is 0 Å². The van der Waals surface area contributed by atoms with Gasteiger partial charge in [0.1, 0.15) is 18.2 Å². The van der Waals surface area contributed by atoms with Crippen LogP contribution in [-0.2, 0) is 24.4 Å². The van der Waals surface area contributed by atoms with Crippen LogP contribution in [0.1, 0.15) is 29.8 Å². The van der Waals surface area contributed by atoms with Crippen molar-refractivity contribution in [3.63, 3.8) is 0 Å². The molecule has 0 radical (unpaired) electrons. The summed E-state index contributed by atoms with van der Waals surface area (Å²) in [6, 6.07) is 24.9. The van der Waals surface area contributed by atoms with Gasteiger partial charge in [-0.25, -0.2) is 4.98 Å². The quantitative estimate of drug-likeness (QED) is 0.420. The van der Waals surface area contributed by atoms with Crippen molar-refractivity contribution in [2.75, 3.05) is 0 Å². The number of aryl methyl sites for hydroxylation is 1. The third kappa shape index (κ3) is 5.82. The number of hydrogen-bond donors (Lipinski definition) is 2. The van der Waals surface area contributed by atoms with Gasteiger partial charge in [-0.05, 0) is 41.8 Å². The Bertz CT molecular complexity index is 1250. The summed E-state index contributed by atoms with van der Waals surface area (Å²) in [5.41, 5.74) is 2.60. The first-order valence-corrected chi connectivity index (χ1v) is 10.7. The molecule has 0 aliphatic rings. The number of ether oxygens (including phenoxy) is 1. The Hall–Kier alpha value is -3.93. The lowest BCUT2D eigenvalue weighted by Crippen LogP contribution is -2.22. The van der Waals surface area contributed by atoms with Gasteiger partial charge in [0.25, 0.3) is 5.56 Å². The van der Waals surface area contributed by atoms with Crippen LogP contribution in [0.5, 0.6) is 5.75 Å². The highest BCUT2D eigenvalue weighted by atomic mass is 16.5. The monoisotopic (exact) mass is 427 g/mol. The van der Waals surface area contributed by atoms with Gasteiger partial charge in [-0.3, -0.25) is 9.59 Å². The maximum atomic E-state index is 12.2. The van der Waals surface area contributed by atoms with E-state index < -0.39 is 0 Å². The number of nitrogens with zero attached hydrogens (tertiary/aromatic N) is 1. The van der Waals surface area contributed by atoms with Crippen LogP contribution in [0.25, 0.3) is 10.9 Å². The predicted molar refractivity (Wildman–Crippen MR) is 124 cm³/mol. The number of carbonyl (C=O) groups is 1. The molecule has 0 atom stereocenters. The van der Waals surface area contributed by atoms with Gasteiger partial charge in [-0.15, -0.1) is 0 Å². The molecule has 0 aliphatic carbocycles. The second-order valence-electron chi connectivity index (χ2n) is 7.58. The summed E-state index contributed by atoms with van der Waals surface area (Å²) in [6.45, 7) is 0.938. The van der Waals surface area contributed by atoms with E-state index in [9.17, 15) is 9.59 Å². The number of para-hydroxylation sites is 1. The second kappa shape index (κ2) is 10.4. The van der Waals surface area contributed by atoms with Crippen LogP contribution in [0.15, 0.2) is 83.7 Å². The summed E-state index contributed by atoms with van der Waals surface area (Å²) < 4.78 is 5.84.